The zero-order valence-corrected chi connectivity index (χ0v) is 44.6. The standard InChI is InChI=1S/C54H52N10O4S4/c1-10-34-23-31(5)24-35(11-2)48(34)59-51-47(60-61-52-41(30-55)49(38-17-15-14-16-18-38)62-64(52)54-57-43-22-20-40(72(9,67)68)29-45(43)70-54)33(7)27-46(58-51)63(50-36(12-3)25-32(6)26-37(50)13-4)53-56-42-21-19-39(71(8,65)66)28-44(42)69-53/h14-29H,10-13H2,1-9H3,(H,58,59)/b61-60+. The number of sulfone groups is 2. The summed E-state index contributed by atoms with van der Waals surface area (Å²) in [6.07, 6.45) is 5.28. The molecular weight excluding hydrogens is 981 g/mol. The van der Waals surface area contributed by atoms with Crippen molar-refractivity contribution in [3.8, 4) is 22.5 Å². The van der Waals surface area contributed by atoms with E-state index in [0.29, 0.717) is 64.8 Å². The highest BCUT2D eigenvalue weighted by Gasteiger charge is 2.28. The maximum Gasteiger partial charge on any atom is 0.213 e. The smallest absolute Gasteiger partial charge is 0.213 e. The Labute approximate surface area is 427 Å². The van der Waals surface area contributed by atoms with E-state index in [9.17, 15) is 22.1 Å². The molecule has 1 N–H and O–H groups in total. The summed E-state index contributed by atoms with van der Waals surface area (Å²) < 4.78 is 53.4. The predicted octanol–water partition coefficient (Wildman–Crippen LogP) is 13.6. The van der Waals surface area contributed by atoms with Gasteiger partial charge >= 0.3 is 0 Å². The summed E-state index contributed by atoms with van der Waals surface area (Å²) in [4.78, 5) is 17.9. The van der Waals surface area contributed by atoms with Gasteiger partial charge < -0.3 is 5.32 Å². The number of aromatic nitrogens is 5. The number of rotatable bonds is 15. The van der Waals surface area contributed by atoms with Crippen LogP contribution in [0.15, 0.2) is 117 Å². The van der Waals surface area contributed by atoms with Gasteiger partial charge in [0, 0.05) is 23.8 Å². The van der Waals surface area contributed by atoms with Gasteiger partial charge in [0.1, 0.15) is 28.8 Å². The van der Waals surface area contributed by atoms with E-state index in [2.05, 4.69) is 82.1 Å². The van der Waals surface area contributed by atoms with Crippen molar-refractivity contribution in [3.63, 3.8) is 0 Å². The second-order valence-corrected chi connectivity index (χ2v) is 23.7. The van der Waals surface area contributed by atoms with Gasteiger partial charge in [-0.25, -0.2) is 31.8 Å². The first-order valence-electron chi connectivity index (χ1n) is 23.5. The Morgan fingerprint density at radius 1 is 0.681 bits per heavy atom. The molecule has 4 aromatic heterocycles. The van der Waals surface area contributed by atoms with Crippen LogP contribution in [0, 0.1) is 32.1 Å². The molecule has 14 nitrogen and oxygen atoms in total. The molecule has 0 radical (unpaired) electrons. The molecule has 0 amide bonds. The number of pyridine rings is 1. The fraction of sp³-hybridized carbons (Fsp3) is 0.241. The Hall–Kier alpha value is -7.17. The second kappa shape index (κ2) is 19.8. The molecule has 0 fully saturated rings. The summed E-state index contributed by atoms with van der Waals surface area (Å²) in [6, 6.07) is 32.1. The number of azo groups is 1. The van der Waals surface area contributed by atoms with Gasteiger partial charge in [-0.3, -0.25) is 4.90 Å². The highest BCUT2D eigenvalue weighted by atomic mass is 32.2. The average molecular weight is 1030 g/mol. The Morgan fingerprint density at radius 2 is 1.24 bits per heavy atom. The first kappa shape index (κ1) is 49.8. The van der Waals surface area contributed by atoms with Gasteiger partial charge in [-0.2, -0.15) is 15.0 Å². The average Bonchev–Trinajstić information content (AvgIpc) is 4.08. The molecule has 9 aromatic rings. The molecule has 18 heteroatoms. The van der Waals surface area contributed by atoms with Crippen LogP contribution in [-0.4, -0.2) is 54.1 Å². The minimum absolute atomic E-state index is 0.122. The first-order valence-corrected chi connectivity index (χ1v) is 28.9. The van der Waals surface area contributed by atoms with Crippen LogP contribution in [0.3, 0.4) is 0 Å². The van der Waals surface area contributed by atoms with E-state index in [1.165, 1.54) is 39.7 Å². The third kappa shape index (κ3) is 9.64. The van der Waals surface area contributed by atoms with Crippen molar-refractivity contribution in [2.24, 2.45) is 10.2 Å². The first-order chi connectivity index (χ1) is 34.4. The van der Waals surface area contributed by atoms with Crippen LogP contribution in [0.1, 0.15) is 72.2 Å². The number of nitrogens with one attached hydrogen (secondary N) is 1. The van der Waals surface area contributed by atoms with Crippen molar-refractivity contribution in [1.82, 2.24) is 24.7 Å². The topological polar surface area (TPSA) is 189 Å². The van der Waals surface area contributed by atoms with Crippen molar-refractivity contribution in [2.45, 2.75) is 83.9 Å². The number of benzene rings is 5. The van der Waals surface area contributed by atoms with E-state index in [0.717, 1.165) is 76.7 Å². The zero-order valence-electron chi connectivity index (χ0n) is 41.4. The number of aryl methyl sites for hydroxylation is 7. The van der Waals surface area contributed by atoms with Gasteiger partial charge in [-0.1, -0.05) is 116 Å². The quantitative estimate of drug-likeness (QED) is 0.0962. The number of nitrogens with zero attached hydrogens (tertiary/aromatic N) is 9. The Bertz CT molecular complexity index is 3860. The lowest BCUT2D eigenvalue weighted by molar-refractivity contribution is 0.600. The number of fused-ring (bicyclic) bond motifs is 2. The summed E-state index contributed by atoms with van der Waals surface area (Å²) in [5.41, 5.74) is 12.0. The zero-order chi connectivity index (χ0) is 51.2. The molecule has 0 saturated heterocycles. The Kier molecular flexibility index (Phi) is 13.7. The van der Waals surface area contributed by atoms with E-state index in [1.54, 1.807) is 30.3 Å². The van der Waals surface area contributed by atoms with Gasteiger partial charge in [-0.15, -0.1) is 10.2 Å². The third-order valence-corrected chi connectivity index (χ3v) is 16.7. The Morgan fingerprint density at radius 3 is 1.79 bits per heavy atom. The third-order valence-electron chi connectivity index (χ3n) is 12.4. The van der Waals surface area contributed by atoms with Crippen LogP contribution in [0.5, 0.6) is 0 Å². The monoisotopic (exact) mass is 1030 g/mol. The largest absolute Gasteiger partial charge is 0.338 e. The molecule has 0 aliphatic rings. The molecule has 0 atom stereocenters. The summed E-state index contributed by atoms with van der Waals surface area (Å²) in [5.74, 6) is 1.07. The van der Waals surface area contributed by atoms with Crippen molar-refractivity contribution in [1.29, 1.82) is 5.26 Å². The minimum atomic E-state index is -3.50. The maximum absolute atomic E-state index is 12.7. The molecule has 0 bridgehead atoms. The van der Waals surface area contributed by atoms with Gasteiger partial charge in [0.2, 0.25) is 5.13 Å². The normalized spacial score (nSPS) is 12.1. The van der Waals surface area contributed by atoms with Gasteiger partial charge in [0.05, 0.1) is 35.9 Å². The molecule has 0 saturated carbocycles. The van der Waals surface area contributed by atoms with Crippen molar-refractivity contribution in [2.75, 3.05) is 22.7 Å². The molecule has 5 aromatic carbocycles. The number of hydrogen-bond donors (Lipinski definition) is 1. The van der Waals surface area contributed by atoms with E-state index >= 15 is 0 Å². The van der Waals surface area contributed by atoms with Gasteiger partial charge in [0.15, 0.2) is 36.4 Å². The highest BCUT2D eigenvalue weighted by molar-refractivity contribution is 7.91. The van der Waals surface area contributed by atoms with E-state index in [-0.39, 0.29) is 21.2 Å². The van der Waals surface area contributed by atoms with E-state index < -0.39 is 19.7 Å². The summed E-state index contributed by atoms with van der Waals surface area (Å²) >= 11 is 2.61. The Balaban J connectivity index is 1.30. The molecule has 4 heterocycles. The molecule has 9 rings (SSSR count). The molecule has 366 valence electrons. The van der Waals surface area contributed by atoms with Crippen LogP contribution in [0.2, 0.25) is 0 Å². The number of nitriles is 1. The number of anilines is 5. The molecule has 0 aliphatic carbocycles. The lowest BCUT2D eigenvalue weighted by atomic mass is 9.98. The molecule has 0 aliphatic heterocycles. The summed E-state index contributed by atoms with van der Waals surface area (Å²) in [6.45, 7) is 14.6. The molecule has 72 heavy (non-hydrogen) atoms. The lowest BCUT2D eigenvalue weighted by Gasteiger charge is -2.28. The fourth-order valence-electron chi connectivity index (χ4n) is 8.89. The van der Waals surface area contributed by atoms with Crippen LogP contribution in [0.25, 0.3) is 36.8 Å². The fourth-order valence-corrected chi connectivity index (χ4v) is 12.3. The van der Waals surface area contributed by atoms with Crippen molar-refractivity contribution < 1.29 is 16.8 Å². The summed E-state index contributed by atoms with van der Waals surface area (Å²) in [5, 5.41) is 30.4. The number of thiazole rings is 2. The maximum atomic E-state index is 12.7. The second-order valence-electron chi connectivity index (χ2n) is 17.7. The highest BCUT2D eigenvalue weighted by Crippen LogP contribution is 2.46. The number of hydrogen-bond acceptors (Lipinski definition) is 15. The van der Waals surface area contributed by atoms with Crippen LogP contribution in [-0.2, 0) is 45.4 Å². The van der Waals surface area contributed by atoms with Gasteiger partial charge in [0.25, 0.3) is 0 Å². The van der Waals surface area contributed by atoms with Crippen molar-refractivity contribution >= 4 is 102 Å². The van der Waals surface area contributed by atoms with Crippen LogP contribution in [0.4, 0.5) is 39.6 Å². The van der Waals surface area contributed by atoms with Crippen LogP contribution < -0.4 is 10.2 Å². The van der Waals surface area contributed by atoms with Gasteiger partial charge in [-0.05, 0) is 117 Å². The molecular formula is C54H52N10O4S4. The van der Waals surface area contributed by atoms with Crippen LogP contribution >= 0.6 is 22.7 Å². The lowest BCUT2D eigenvalue weighted by Crippen LogP contribution is -2.17. The minimum Gasteiger partial charge on any atom is -0.338 e. The molecule has 0 unspecified atom stereocenters. The SMILES string of the molecule is CCc1cc(C)cc(CC)c1Nc1nc(N(c2nc3ccc(S(C)(=O)=O)cc3s2)c2c(CC)cc(C)cc2CC)cc(C)c1/N=N/c1c(C#N)c(-c2ccccc2)nn1-c1nc2ccc(S(C)(=O)=O)cc2s1. The van der Waals surface area contributed by atoms with E-state index in [4.69, 9.17) is 30.3 Å². The van der Waals surface area contributed by atoms with Crippen molar-refractivity contribution in [3.05, 3.63) is 142 Å². The van der Waals surface area contributed by atoms with E-state index in [1.807, 2.05) is 43.3 Å². The molecule has 0 spiro atoms. The summed E-state index contributed by atoms with van der Waals surface area (Å²) in [7, 11) is -6.99. The predicted molar refractivity (Wildman–Crippen MR) is 291 cm³/mol.